The molecule has 380 valence electrons. The minimum atomic E-state index is -3.21. The molecular weight excluding hydrogens is 890 g/mol. The third-order valence-corrected chi connectivity index (χ3v) is 18.9. The summed E-state index contributed by atoms with van der Waals surface area (Å²) in [6.45, 7) is 20.9. The molecule has 1 aliphatic heterocycles. The smallest absolute Gasteiger partial charge is 0.421 e. The molecule has 0 radical (unpaired) electrons. The van der Waals surface area contributed by atoms with Gasteiger partial charge in [-0.15, -0.1) is 0 Å². The first-order chi connectivity index (χ1) is 33.7. The maximum absolute atomic E-state index is 16.2. The van der Waals surface area contributed by atoms with Crippen molar-refractivity contribution in [1.82, 2.24) is 0 Å². The molecule has 1 heterocycles. The van der Waals surface area contributed by atoms with Crippen molar-refractivity contribution in [3.05, 3.63) is 136 Å². The van der Waals surface area contributed by atoms with E-state index in [9.17, 15) is 19.1 Å². The summed E-state index contributed by atoms with van der Waals surface area (Å²) in [4.78, 5) is 26.9. The van der Waals surface area contributed by atoms with Crippen molar-refractivity contribution in [1.29, 1.82) is 0 Å². The summed E-state index contributed by atoms with van der Waals surface area (Å²) in [5.41, 5.74) is 10.3. The van der Waals surface area contributed by atoms with Crippen LogP contribution in [0.3, 0.4) is 0 Å². The summed E-state index contributed by atoms with van der Waals surface area (Å²) < 4.78 is 45.8. The number of carbonyl (C=O) groups is 2. The van der Waals surface area contributed by atoms with Crippen molar-refractivity contribution in [2.24, 2.45) is 34.5 Å². The first kappa shape index (κ1) is 51.1. The van der Waals surface area contributed by atoms with Gasteiger partial charge in [-0.1, -0.05) is 118 Å². The molecule has 0 spiro atoms. The second-order valence-corrected chi connectivity index (χ2v) is 24.1. The molecule has 11 rings (SSSR count). The number of rotatable bonds is 6. The lowest BCUT2D eigenvalue weighted by Gasteiger charge is -2.48. The largest absolute Gasteiger partial charge is 0.508 e. The lowest BCUT2D eigenvalue weighted by molar-refractivity contribution is -0.130. The van der Waals surface area contributed by atoms with Gasteiger partial charge in [0.05, 0.1) is 11.4 Å². The molecular formula is C63H79F3N2O3. The van der Waals surface area contributed by atoms with E-state index in [4.69, 9.17) is 0 Å². The van der Waals surface area contributed by atoms with Gasteiger partial charge in [0.1, 0.15) is 23.1 Å². The van der Waals surface area contributed by atoms with Crippen LogP contribution in [-0.4, -0.2) is 22.8 Å². The van der Waals surface area contributed by atoms with E-state index in [0.29, 0.717) is 64.2 Å². The Hall–Kier alpha value is -4.85. The van der Waals surface area contributed by atoms with Crippen molar-refractivity contribution < 1.29 is 27.9 Å². The minimum Gasteiger partial charge on any atom is -0.508 e. The molecule has 6 aliphatic carbocycles. The second-order valence-electron chi connectivity index (χ2n) is 24.1. The van der Waals surface area contributed by atoms with Crippen LogP contribution in [0.25, 0.3) is 0 Å². The Balaban J connectivity index is 0.000000136. The van der Waals surface area contributed by atoms with E-state index in [1.54, 1.807) is 24.5 Å². The standard InChI is InChI=1S/C27H36F2N2.C18H21FO.C18H22O2/c1-17(2)21-11-9-12-22(18(3)4)25(21)30-15-16-31(27(30,28)29)26-23(19(5)6)13-10-14-24(26)20(7)8;2*1-18-9-8-14-13-5-3-12(19)10-11(13)2-4-15(14)16(18)6-7-17(18)20/h9-20H,1-8H3;3,5,10,14-16H,2,4,6-9H2,1H3;3,5,10,14-16,19H,2,4,6-9H2,1H3/t;2*14?,15?,16?,18-/m.00/s1. The molecule has 0 bridgehead atoms. The van der Waals surface area contributed by atoms with E-state index in [0.717, 1.165) is 92.9 Å². The third-order valence-electron chi connectivity index (χ3n) is 18.9. The van der Waals surface area contributed by atoms with Crippen molar-refractivity contribution in [2.45, 2.75) is 188 Å². The van der Waals surface area contributed by atoms with E-state index < -0.39 is 6.17 Å². The highest BCUT2D eigenvalue weighted by Crippen LogP contribution is 2.61. The second kappa shape index (κ2) is 19.5. The summed E-state index contributed by atoms with van der Waals surface area (Å²) in [7, 11) is 0. The van der Waals surface area contributed by atoms with E-state index >= 15 is 8.78 Å². The fraction of sp³-hybridized carbons (Fsp3) is 0.556. The zero-order chi connectivity index (χ0) is 50.9. The number of phenols is 1. The molecule has 4 saturated carbocycles. The molecule has 0 amide bonds. The molecule has 4 aromatic rings. The number of benzene rings is 4. The highest BCUT2D eigenvalue weighted by atomic mass is 19.3. The summed E-state index contributed by atoms with van der Waals surface area (Å²) in [6.07, 6.45) is 12.3. The maximum atomic E-state index is 16.2. The molecule has 0 aromatic heterocycles. The highest BCUT2D eigenvalue weighted by Gasteiger charge is 2.56. The molecule has 0 saturated heterocycles. The van der Waals surface area contributed by atoms with Crippen LogP contribution in [0.1, 0.15) is 213 Å². The van der Waals surface area contributed by atoms with Gasteiger partial charge in [-0.2, -0.15) is 8.78 Å². The predicted molar refractivity (Wildman–Crippen MR) is 282 cm³/mol. The SMILES string of the molecule is CC(C)c1cccc(C(C)C)c1N1C=CN(c2c(C(C)C)cccc2C(C)C)C1(F)F.C[C@]12CCC3c4ccc(F)cc4CCC3C1CCC2=O.C[C@]12CCC3c4ccc(O)cc4CCC3C1CCC2=O. The lowest BCUT2D eigenvalue weighted by Crippen LogP contribution is -2.47. The Morgan fingerprint density at radius 1 is 0.535 bits per heavy atom. The van der Waals surface area contributed by atoms with E-state index in [1.807, 2.05) is 54.6 Å². The van der Waals surface area contributed by atoms with Gasteiger partial charge in [-0.05, 0) is 192 Å². The quantitative estimate of drug-likeness (QED) is 0.195. The van der Waals surface area contributed by atoms with Crippen LogP contribution in [0, 0.1) is 40.3 Å². The molecule has 4 aromatic carbocycles. The van der Waals surface area contributed by atoms with Gasteiger partial charge in [-0.25, -0.2) is 4.39 Å². The average Bonchev–Trinajstić information content (AvgIpc) is 3.94. The molecule has 7 aliphatic rings. The number of phenolic OH excluding ortho intramolecular Hbond substituents is 1. The van der Waals surface area contributed by atoms with Gasteiger partial charge < -0.3 is 5.11 Å². The fourth-order valence-corrected chi connectivity index (χ4v) is 15.1. The zero-order valence-electron chi connectivity index (χ0n) is 44.1. The first-order valence-electron chi connectivity index (χ1n) is 27.2. The number of hydrogen-bond acceptors (Lipinski definition) is 5. The third kappa shape index (κ3) is 8.97. The predicted octanol–water partition coefficient (Wildman–Crippen LogP) is 16.6. The molecule has 71 heavy (non-hydrogen) atoms. The van der Waals surface area contributed by atoms with Crippen molar-refractivity contribution in [2.75, 3.05) is 9.80 Å². The Bertz CT molecular complexity index is 2450. The Morgan fingerprint density at radius 3 is 1.34 bits per heavy atom. The maximum Gasteiger partial charge on any atom is 0.421 e. The summed E-state index contributed by atoms with van der Waals surface area (Å²) in [5, 5.41) is 9.67. The number of fused-ring (bicyclic) bond motifs is 10. The minimum absolute atomic E-state index is 0.0322. The molecule has 6 unspecified atom stereocenters. The van der Waals surface area contributed by atoms with Crippen LogP contribution in [0.4, 0.5) is 24.5 Å². The Labute approximate surface area is 422 Å². The number of halogens is 3. The molecule has 8 heteroatoms. The summed E-state index contributed by atoms with van der Waals surface area (Å²) in [6, 6.07) is 23.1. The van der Waals surface area contributed by atoms with Crippen LogP contribution in [0.2, 0.25) is 0 Å². The normalized spacial score (nSPS) is 29.0. The van der Waals surface area contributed by atoms with E-state index in [-0.39, 0.29) is 40.3 Å². The fourth-order valence-electron chi connectivity index (χ4n) is 15.1. The number of para-hydroxylation sites is 2. The molecule has 4 fully saturated rings. The topological polar surface area (TPSA) is 60.9 Å². The lowest BCUT2D eigenvalue weighted by atomic mass is 9.55. The van der Waals surface area contributed by atoms with Gasteiger partial charge in [0.2, 0.25) is 0 Å². The summed E-state index contributed by atoms with van der Waals surface area (Å²) >= 11 is 0. The first-order valence-corrected chi connectivity index (χ1v) is 27.2. The number of nitrogens with zero attached hydrogens (tertiary/aromatic N) is 2. The van der Waals surface area contributed by atoms with Gasteiger partial charge in [0, 0.05) is 36.1 Å². The van der Waals surface area contributed by atoms with Crippen molar-refractivity contribution in [3.63, 3.8) is 0 Å². The highest BCUT2D eigenvalue weighted by molar-refractivity contribution is 5.88. The monoisotopic (exact) mass is 969 g/mol. The van der Waals surface area contributed by atoms with Crippen molar-refractivity contribution >= 4 is 22.9 Å². The van der Waals surface area contributed by atoms with Gasteiger partial charge in [0.15, 0.2) is 0 Å². The van der Waals surface area contributed by atoms with E-state index in [2.05, 4.69) is 75.3 Å². The number of carbonyl (C=O) groups excluding carboxylic acids is 2. The van der Waals surface area contributed by atoms with Crippen LogP contribution in [-0.2, 0) is 22.4 Å². The van der Waals surface area contributed by atoms with Crippen molar-refractivity contribution in [3.8, 4) is 5.75 Å². The number of aromatic hydroxyl groups is 1. The number of hydrogen-bond donors (Lipinski definition) is 1. The zero-order valence-corrected chi connectivity index (χ0v) is 44.1. The number of alkyl halides is 2. The van der Waals surface area contributed by atoms with Crippen LogP contribution in [0.5, 0.6) is 5.75 Å². The van der Waals surface area contributed by atoms with Crippen LogP contribution >= 0.6 is 0 Å². The number of ketones is 2. The van der Waals surface area contributed by atoms with Gasteiger partial charge >= 0.3 is 6.17 Å². The van der Waals surface area contributed by atoms with E-state index in [1.165, 1.54) is 38.5 Å². The molecule has 8 atom stereocenters. The molecule has 1 N–H and O–H groups in total. The summed E-state index contributed by atoms with van der Waals surface area (Å²) in [5.74, 6) is 5.48. The number of aryl methyl sites for hydroxylation is 2. The Kier molecular flexibility index (Phi) is 14.1. The van der Waals surface area contributed by atoms with Gasteiger partial charge in [-0.3, -0.25) is 19.4 Å². The van der Waals surface area contributed by atoms with Crippen LogP contribution in [0.15, 0.2) is 85.2 Å². The van der Waals surface area contributed by atoms with Crippen LogP contribution < -0.4 is 9.80 Å². The average molecular weight is 969 g/mol. The molecule has 5 nitrogen and oxygen atoms in total. The Morgan fingerprint density at radius 2 is 0.930 bits per heavy atom. The number of Topliss-reactive ketones (excluding diaryl/α,β-unsaturated/α-hetero) is 2. The number of anilines is 2. The van der Waals surface area contributed by atoms with Gasteiger partial charge in [0.25, 0.3) is 0 Å².